The minimum absolute atomic E-state index is 0.0716. The Kier molecular flexibility index (Phi) is 7.86. The van der Waals surface area contributed by atoms with E-state index < -0.39 is 28.9 Å². The molecule has 10 nitrogen and oxygen atoms in total. The number of hydrogen-bond donors (Lipinski definition) is 1. The highest BCUT2D eigenvalue weighted by Gasteiger charge is 2.64. The first kappa shape index (κ1) is 28.3. The van der Waals surface area contributed by atoms with Gasteiger partial charge in [0.1, 0.15) is 19.3 Å². The van der Waals surface area contributed by atoms with Gasteiger partial charge in [0, 0.05) is 37.5 Å². The van der Waals surface area contributed by atoms with Crippen LogP contribution in [0, 0.1) is 50.7 Å². The zero-order chi connectivity index (χ0) is 29.7. The molecule has 2 N–H and O–H groups in total. The van der Waals surface area contributed by atoms with Gasteiger partial charge in [0.05, 0.1) is 23.4 Å². The summed E-state index contributed by atoms with van der Waals surface area (Å²) in [5.41, 5.74) is 5.97. The second-order valence-electron chi connectivity index (χ2n) is 10.7. The van der Waals surface area contributed by atoms with Crippen LogP contribution in [0.5, 0.6) is 0 Å². The van der Waals surface area contributed by atoms with Crippen molar-refractivity contribution >= 4 is 12.2 Å². The molecule has 1 saturated heterocycles. The van der Waals surface area contributed by atoms with E-state index in [0.717, 1.165) is 11.1 Å². The first-order valence-corrected chi connectivity index (χ1v) is 13.7. The van der Waals surface area contributed by atoms with Crippen LogP contribution in [-0.4, -0.2) is 48.2 Å². The van der Waals surface area contributed by atoms with E-state index in [2.05, 4.69) is 18.2 Å². The summed E-state index contributed by atoms with van der Waals surface area (Å²) >= 11 is 0. The lowest BCUT2D eigenvalue weighted by molar-refractivity contribution is -0.0123. The van der Waals surface area contributed by atoms with E-state index in [-0.39, 0.29) is 63.5 Å². The lowest BCUT2D eigenvalue weighted by atomic mass is 9.47. The summed E-state index contributed by atoms with van der Waals surface area (Å²) in [6, 6.07) is 25.1. The van der Waals surface area contributed by atoms with Gasteiger partial charge >= 0.3 is 12.2 Å². The van der Waals surface area contributed by atoms with Crippen molar-refractivity contribution in [3.63, 3.8) is 0 Å². The van der Waals surface area contributed by atoms with Crippen LogP contribution in [0.3, 0.4) is 0 Å². The Balaban J connectivity index is 1.40. The molecule has 0 bridgehead atoms. The predicted octanol–water partition coefficient (Wildman–Crippen LogP) is 4.38. The van der Waals surface area contributed by atoms with Crippen LogP contribution in [0.1, 0.15) is 24.0 Å². The molecule has 0 aromatic heterocycles. The third-order valence-electron chi connectivity index (χ3n) is 8.72. The Morgan fingerprint density at radius 2 is 1.38 bits per heavy atom. The van der Waals surface area contributed by atoms with Crippen molar-refractivity contribution in [2.75, 3.05) is 26.2 Å². The van der Waals surface area contributed by atoms with Crippen molar-refractivity contribution in [3.05, 3.63) is 94.7 Å². The number of benzene rings is 2. The topological polar surface area (TPSA) is 156 Å². The first-order valence-electron chi connectivity index (χ1n) is 13.7. The second-order valence-corrected chi connectivity index (χ2v) is 10.7. The molecule has 0 saturated carbocycles. The Labute approximate surface area is 244 Å². The van der Waals surface area contributed by atoms with Crippen molar-refractivity contribution in [1.29, 1.82) is 15.8 Å². The standard InChI is InChI=1S/C32H30N6O4/c33-17-26-25-11-14-38(30(40)42-20-24-9-5-2-6-10-24)18-27(25)31(32(21-34,22-35)28(26)36)12-15-37(16-13-31)29(39)41-19-23-7-3-1-4-8-23/h1-11,27H,12-16,18-20,36H2/t27-/m0/s1. The van der Waals surface area contributed by atoms with Gasteiger partial charge in [0.25, 0.3) is 0 Å². The van der Waals surface area contributed by atoms with Crippen molar-refractivity contribution in [2.45, 2.75) is 26.1 Å². The van der Waals surface area contributed by atoms with E-state index in [1.165, 1.54) is 4.90 Å². The average Bonchev–Trinajstić information content (AvgIpc) is 3.04. The molecule has 5 rings (SSSR count). The molecule has 3 aliphatic rings. The number of nitrogens with zero attached hydrogens (tertiary/aromatic N) is 5. The first-order chi connectivity index (χ1) is 20.4. The molecule has 2 aromatic carbocycles. The average molecular weight is 563 g/mol. The Morgan fingerprint density at radius 1 is 0.857 bits per heavy atom. The molecule has 212 valence electrons. The summed E-state index contributed by atoms with van der Waals surface area (Å²) in [6.45, 7) is 0.990. The largest absolute Gasteiger partial charge is 0.445 e. The number of amides is 2. The van der Waals surface area contributed by atoms with Gasteiger partial charge in [0.2, 0.25) is 0 Å². The highest BCUT2D eigenvalue weighted by atomic mass is 16.6. The number of rotatable bonds is 4. The molecule has 1 fully saturated rings. The van der Waals surface area contributed by atoms with E-state index in [0.29, 0.717) is 5.57 Å². The van der Waals surface area contributed by atoms with Crippen LogP contribution in [0.2, 0.25) is 0 Å². The normalized spacial score (nSPS) is 20.3. The molecule has 0 unspecified atom stereocenters. The van der Waals surface area contributed by atoms with Crippen molar-refractivity contribution in [1.82, 2.24) is 9.80 Å². The number of nitrogens with two attached hydrogens (primary N) is 1. The Morgan fingerprint density at radius 3 is 1.88 bits per heavy atom. The van der Waals surface area contributed by atoms with Gasteiger partial charge in [0.15, 0.2) is 5.41 Å². The predicted molar refractivity (Wildman–Crippen MR) is 150 cm³/mol. The summed E-state index contributed by atoms with van der Waals surface area (Å²) in [5, 5.41) is 31.0. The van der Waals surface area contributed by atoms with Crippen LogP contribution < -0.4 is 5.73 Å². The second kappa shape index (κ2) is 11.7. The molecular weight excluding hydrogens is 532 g/mol. The number of carbonyl (C=O) groups is 2. The van der Waals surface area contributed by atoms with Crippen LogP contribution in [0.15, 0.2) is 83.6 Å². The van der Waals surface area contributed by atoms with Crippen LogP contribution in [0.25, 0.3) is 0 Å². The molecule has 1 aliphatic carbocycles. The number of hydrogen-bond acceptors (Lipinski definition) is 8. The smallest absolute Gasteiger partial charge is 0.410 e. The minimum Gasteiger partial charge on any atom is -0.445 e. The number of nitriles is 3. The molecule has 2 aromatic rings. The van der Waals surface area contributed by atoms with Crippen LogP contribution in [-0.2, 0) is 22.7 Å². The number of likely N-dealkylation sites (tertiary alicyclic amines) is 1. The number of ether oxygens (including phenoxy) is 2. The lowest BCUT2D eigenvalue weighted by Gasteiger charge is -2.56. The maximum absolute atomic E-state index is 13.1. The van der Waals surface area contributed by atoms with E-state index >= 15 is 0 Å². The summed E-state index contributed by atoms with van der Waals surface area (Å²) < 4.78 is 11.1. The van der Waals surface area contributed by atoms with E-state index in [9.17, 15) is 25.4 Å². The number of allylic oxidation sites excluding steroid dienone is 2. The zero-order valence-corrected chi connectivity index (χ0v) is 23.0. The van der Waals surface area contributed by atoms with Crippen molar-refractivity contribution in [3.8, 4) is 18.2 Å². The third kappa shape index (κ3) is 4.80. The molecule has 2 heterocycles. The van der Waals surface area contributed by atoms with E-state index in [1.807, 2.05) is 60.7 Å². The summed E-state index contributed by atoms with van der Waals surface area (Å²) in [5.74, 6) is -0.542. The maximum atomic E-state index is 13.1. The van der Waals surface area contributed by atoms with Gasteiger partial charge < -0.3 is 25.0 Å². The monoisotopic (exact) mass is 562 g/mol. The number of fused-ring (bicyclic) bond motifs is 2. The quantitative estimate of drug-likeness (QED) is 0.575. The summed E-state index contributed by atoms with van der Waals surface area (Å²) in [6.07, 6.45) is 1.25. The SMILES string of the molecule is N#CC1=C(N)C(C#N)(C#N)C2(CCN(C(=O)OCc3ccccc3)CC2)[C@H]2CN(C(=O)OCc3ccccc3)CC=C12. The number of carbonyl (C=O) groups excluding carboxylic acids is 2. The Bertz CT molecular complexity index is 1530. The van der Waals surface area contributed by atoms with Gasteiger partial charge in [-0.3, -0.25) is 0 Å². The molecule has 2 amide bonds. The molecule has 2 aliphatic heterocycles. The third-order valence-corrected chi connectivity index (χ3v) is 8.72. The van der Waals surface area contributed by atoms with E-state index in [1.54, 1.807) is 11.0 Å². The fraction of sp³-hybridized carbons (Fsp3) is 0.344. The Hall–Kier alpha value is -5.27. The molecule has 1 atom stereocenters. The molecule has 42 heavy (non-hydrogen) atoms. The van der Waals surface area contributed by atoms with Crippen molar-refractivity contribution < 1.29 is 19.1 Å². The van der Waals surface area contributed by atoms with Gasteiger partial charge in [-0.2, -0.15) is 15.8 Å². The van der Waals surface area contributed by atoms with Gasteiger partial charge in [-0.05, 0) is 29.5 Å². The van der Waals surface area contributed by atoms with Gasteiger partial charge in [-0.15, -0.1) is 0 Å². The summed E-state index contributed by atoms with van der Waals surface area (Å²) in [4.78, 5) is 29.2. The van der Waals surface area contributed by atoms with Crippen molar-refractivity contribution in [2.24, 2.45) is 22.5 Å². The van der Waals surface area contributed by atoms with Gasteiger partial charge in [-0.25, -0.2) is 9.59 Å². The van der Waals surface area contributed by atoms with Gasteiger partial charge in [-0.1, -0.05) is 66.7 Å². The van der Waals surface area contributed by atoms with E-state index in [4.69, 9.17) is 15.2 Å². The fourth-order valence-corrected chi connectivity index (χ4v) is 6.44. The maximum Gasteiger partial charge on any atom is 0.410 e. The molecular formula is C32H30N6O4. The van der Waals surface area contributed by atoms with Crippen LogP contribution in [0.4, 0.5) is 9.59 Å². The molecule has 0 radical (unpaired) electrons. The molecule has 10 heteroatoms. The molecule has 1 spiro atoms. The zero-order valence-electron chi connectivity index (χ0n) is 23.0. The fourth-order valence-electron chi connectivity index (χ4n) is 6.44. The highest BCUT2D eigenvalue weighted by molar-refractivity contribution is 5.70. The highest BCUT2D eigenvalue weighted by Crippen LogP contribution is 2.61. The number of piperidine rings is 1. The summed E-state index contributed by atoms with van der Waals surface area (Å²) in [7, 11) is 0. The van der Waals surface area contributed by atoms with Crippen LogP contribution >= 0.6 is 0 Å². The lowest BCUT2D eigenvalue weighted by Crippen LogP contribution is -2.61. The minimum atomic E-state index is -1.82.